The minimum Gasteiger partial charge on any atom is -0.370 e. The van der Waals surface area contributed by atoms with E-state index in [1.54, 1.807) is 0 Å². The first-order valence-electron chi connectivity index (χ1n) is 12.2. The lowest BCUT2D eigenvalue weighted by Gasteiger charge is -2.27. The van der Waals surface area contributed by atoms with E-state index in [1.165, 1.54) is 11.4 Å². The molecule has 2 aromatic heterocycles. The van der Waals surface area contributed by atoms with Gasteiger partial charge >= 0.3 is 0 Å². The molecule has 1 fully saturated rings. The third-order valence-electron chi connectivity index (χ3n) is 6.50. The second-order valence-electron chi connectivity index (χ2n) is 8.81. The third kappa shape index (κ3) is 5.78. The van der Waals surface area contributed by atoms with Crippen molar-refractivity contribution in [3.63, 3.8) is 0 Å². The van der Waals surface area contributed by atoms with E-state index >= 15 is 0 Å². The SMILES string of the molecule is Clc1ccc2c(N3CCCNCCN(c4ccnc5cc(Cl)ccc45)CCNCC3)ccnc2c1. The van der Waals surface area contributed by atoms with Gasteiger partial charge < -0.3 is 20.4 Å². The molecule has 0 unspecified atom stereocenters. The molecule has 1 aliphatic heterocycles. The third-order valence-corrected chi connectivity index (χ3v) is 6.97. The Balaban J connectivity index is 1.31. The van der Waals surface area contributed by atoms with E-state index in [9.17, 15) is 0 Å². The summed E-state index contributed by atoms with van der Waals surface area (Å²) in [6.07, 6.45) is 4.82. The van der Waals surface area contributed by atoms with E-state index in [-0.39, 0.29) is 0 Å². The predicted molar refractivity (Wildman–Crippen MR) is 148 cm³/mol. The zero-order valence-corrected chi connectivity index (χ0v) is 21.2. The average Bonchev–Trinajstić information content (AvgIpc) is 2.89. The summed E-state index contributed by atoms with van der Waals surface area (Å²) in [6, 6.07) is 16.1. The van der Waals surface area contributed by atoms with Crippen molar-refractivity contribution in [3.8, 4) is 0 Å². The highest BCUT2D eigenvalue weighted by Gasteiger charge is 2.14. The highest BCUT2D eigenvalue weighted by atomic mass is 35.5. The van der Waals surface area contributed by atoms with Crippen molar-refractivity contribution in [2.75, 3.05) is 62.2 Å². The second-order valence-corrected chi connectivity index (χ2v) is 9.68. The van der Waals surface area contributed by atoms with Crippen LogP contribution < -0.4 is 20.4 Å². The average molecular weight is 509 g/mol. The number of nitrogens with one attached hydrogen (secondary N) is 2. The Labute approximate surface area is 216 Å². The summed E-state index contributed by atoms with van der Waals surface area (Å²) >= 11 is 12.4. The van der Waals surface area contributed by atoms with Gasteiger partial charge in [-0.3, -0.25) is 9.97 Å². The second kappa shape index (κ2) is 11.4. The molecule has 0 saturated carbocycles. The van der Waals surface area contributed by atoms with Gasteiger partial charge in [-0.25, -0.2) is 0 Å². The fourth-order valence-electron chi connectivity index (χ4n) is 4.76. The van der Waals surface area contributed by atoms with Crippen LogP contribution in [0.15, 0.2) is 60.9 Å². The Bertz CT molecular complexity index is 1200. The summed E-state index contributed by atoms with van der Waals surface area (Å²) in [7, 11) is 0. The van der Waals surface area contributed by atoms with E-state index in [0.717, 1.165) is 80.6 Å². The minimum atomic E-state index is 0.713. The molecule has 0 atom stereocenters. The molecule has 5 rings (SSSR count). The van der Waals surface area contributed by atoms with E-state index in [2.05, 4.69) is 54.7 Å². The first-order chi connectivity index (χ1) is 17.2. The monoisotopic (exact) mass is 508 g/mol. The lowest BCUT2D eigenvalue weighted by atomic mass is 10.1. The summed E-state index contributed by atoms with van der Waals surface area (Å²) in [6.45, 7) is 7.47. The largest absolute Gasteiger partial charge is 0.370 e. The topological polar surface area (TPSA) is 56.3 Å². The fourth-order valence-corrected chi connectivity index (χ4v) is 5.09. The molecule has 2 aromatic carbocycles. The van der Waals surface area contributed by atoms with Crippen LogP contribution in [0.1, 0.15) is 6.42 Å². The molecule has 0 bridgehead atoms. The van der Waals surface area contributed by atoms with Crippen LogP contribution in [0.5, 0.6) is 0 Å². The number of halogens is 2. The Morgan fingerprint density at radius 1 is 0.600 bits per heavy atom. The van der Waals surface area contributed by atoms with Gasteiger partial charge in [0, 0.05) is 90.4 Å². The fraction of sp³-hybridized carbons (Fsp3) is 0.333. The summed E-state index contributed by atoms with van der Waals surface area (Å²) in [5.41, 5.74) is 4.28. The van der Waals surface area contributed by atoms with Crippen molar-refractivity contribution in [1.29, 1.82) is 0 Å². The van der Waals surface area contributed by atoms with Crippen LogP contribution >= 0.6 is 23.2 Å². The van der Waals surface area contributed by atoms with Gasteiger partial charge in [0.05, 0.1) is 11.0 Å². The number of fused-ring (bicyclic) bond motifs is 2. The van der Waals surface area contributed by atoms with Gasteiger partial charge in [0.1, 0.15) is 0 Å². The quantitative estimate of drug-likeness (QED) is 0.398. The Kier molecular flexibility index (Phi) is 7.84. The van der Waals surface area contributed by atoms with Crippen LogP contribution in [-0.4, -0.2) is 62.3 Å². The molecule has 6 nitrogen and oxygen atoms in total. The first kappa shape index (κ1) is 24.1. The normalized spacial score (nSPS) is 16.6. The van der Waals surface area contributed by atoms with Crippen LogP contribution in [0.4, 0.5) is 11.4 Å². The highest BCUT2D eigenvalue weighted by Crippen LogP contribution is 2.28. The van der Waals surface area contributed by atoms with Crippen LogP contribution in [-0.2, 0) is 0 Å². The van der Waals surface area contributed by atoms with Gasteiger partial charge in [-0.1, -0.05) is 23.2 Å². The molecule has 1 aliphatic rings. The maximum atomic E-state index is 6.20. The first-order valence-corrected chi connectivity index (χ1v) is 12.9. The zero-order valence-electron chi connectivity index (χ0n) is 19.7. The van der Waals surface area contributed by atoms with Gasteiger partial charge in [-0.05, 0) is 61.5 Å². The molecular weight excluding hydrogens is 479 g/mol. The van der Waals surface area contributed by atoms with Crippen LogP contribution in [0.2, 0.25) is 10.0 Å². The van der Waals surface area contributed by atoms with Crippen molar-refractivity contribution >= 4 is 56.4 Å². The van der Waals surface area contributed by atoms with Gasteiger partial charge in [-0.15, -0.1) is 0 Å². The molecule has 3 heterocycles. The van der Waals surface area contributed by atoms with Crippen LogP contribution in [0, 0.1) is 0 Å². The van der Waals surface area contributed by atoms with Crippen LogP contribution in [0.3, 0.4) is 0 Å². The van der Waals surface area contributed by atoms with E-state index in [4.69, 9.17) is 23.2 Å². The molecule has 0 radical (unpaired) electrons. The smallest absolute Gasteiger partial charge is 0.0737 e. The number of nitrogens with zero attached hydrogens (tertiary/aromatic N) is 4. The molecule has 0 amide bonds. The number of aromatic nitrogens is 2. The maximum absolute atomic E-state index is 6.20. The van der Waals surface area contributed by atoms with Crippen molar-refractivity contribution in [2.45, 2.75) is 6.42 Å². The van der Waals surface area contributed by atoms with E-state index in [1.807, 2.05) is 36.7 Å². The molecule has 2 N–H and O–H groups in total. The summed E-state index contributed by atoms with van der Waals surface area (Å²) < 4.78 is 0. The molecule has 4 aromatic rings. The van der Waals surface area contributed by atoms with E-state index < -0.39 is 0 Å². The number of pyridine rings is 2. The highest BCUT2D eigenvalue weighted by molar-refractivity contribution is 6.31. The van der Waals surface area contributed by atoms with Gasteiger partial charge in [-0.2, -0.15) is 0 Å². The molecule has 0 spiro atoms. The number of benzene rings is 2. The number of rotatable bonds is 2. The summed E-state index contributed by atoms with van der Waals surface area (Å²) in [5, 5.41) is 11.0. The lowest BCUT2D eigenvalue weighted by molar-refractivity contribution is 0.630. The summed E-state index contributed by atoms with van der Waals surface area (Å²) in [5.74, 6) is 0. The number of anilines is 2. The van der Waals surface area contributed by atoms with Gasteiger partial charge in [0.25, 0.3) is 0 Å². The number of hydrogen-bond donors (Lipinski definition) is 2. The molecule has 0 aliphatic carbocycles. The van der Waals surface area contributed by atoms with Gasteiger partial charge in [0.15, 0.2) is 0 Å². The molecule has 182 valence electrons. The van der Waals surface area contributed by atoms with Crippen LogP contribution in [0.25, 0.3) is 21.8 Å². The van der Waals surface area contributed by atoms with Crippen molar-refractivity contribution < 1.29 is 0 Å². The van der Waals surface area contributed by atoms with Crippen molar-refractivity contribution in [1.82, 2.24) is 20.6 Å². The summed E-state index contributed by atoms with van der Waals surface area (Å²) in [4.78, 5) is 13.9. The lowest BCUT2D eigenvalue weighted by Crippen LogP contribution is -2.38. The van der Waals surface area contributed by atoms with Crippen molar-refractivity contribution in [3.05, 3.63) is 71.0 Å². The molecular formula is C27H30Cl2N6. The Morgan fingerprint density at radius 3 is 1.63 bits per heavy atom. The Hall–Kier alpha value is -2.64. The van der Waals surface area contributed by atoms with E-state index in [0.29, 0.717) is 10.0 Å². The molecule has 1 saturated heterocycles. The maximum Gasteiger partial charge on any atom is 0.0737 e. The Morgan fingerprint density at radius 2 is 1.09 bits per heavy atom. The number of hydrogen-bond acceptors (Lipinski definition) is 6. The minimum absolute atomic E-state index is 0.713. The van der Waals surface area contributed by atoms with Gasteiger partial charge in [0.2, 0.25) is 0 Å². The molecule has 8 heteroatoms. The van der Waals surface area contributed by atoms with Crippen molar-refractivity contribution in [2.24, 2.45) is 0 Å². The standard InChI is InChI=1S/C27H30Cl2N6/c28-20-2-4-22-24(18-20)32-9-6-26(22)34-14-1-8-30-11-16-35(17-13-31-12-15-34)27-7-10-33-25-19-21(29)3-5-23(25)27/h2-7,9-10,18-19,30-31H,1,8,11-17H2. The predicted octanol–water partition coefficient (Wildman–Crippen LogP) is 4.99. The zero-order chi connectivity index (χ0) is 24.0. The molecule has 35 heavy (non-hydrogen) atoms.